The summed E-state index contributed by atoms with van der Waals surface area (Å²) >= 11 is 0. The van der Waals surface area contributed by atoms with Crippen molar-refractivity contribution in [1.82, 2.24) is 0 Å². The van der Waals surface area contributed by atoms with Gasteiger partial charge >= 0.3 is 63.3 Å². The third-order valence-corrected chi connectivity index (χ3v) is 1.99. The summed E-state index contributed by atoms with van der Waals surface area (Å²) in [5, 5.41) is 0. The number of ether oxygens (including phenoxy) is 2. The van der Waals surface area contributed by atoms with Crippen LogP contribution < -0.4 is 51.4 Å². The number of esters is 2. The van der Waals surface area contributed by atoms with E-state index < -0.39 is 17.9 Å². The molecule has 0 N–H and O–H groups in total. The summed E-state index contributed by atoms with van der Waals surface area (Å²) in [4.78, 5) is 22.9. The van der Waals surface area contributed by atoms with Gasteiger partial charge in [0.15, 0.2) is 5.92 Å². The van der Waals surface area contributed by atoms with Gasteiger partial charge in [0.25, 0.3) is 0 Å². The van der Waals surface area contributed by atoms with Crippen LogP contribution in [0.5, 0.6) is 0 Å². The van der Waals surface area contributed by atoms with Crippen LogP contribution in [0.3, 0.4) is 0 Å². The Morgan fingerprint density at radius 1 is 1.00 bits per heavy atom. The van der Waals surface area contributed by atoms with E-state index in [1.165, 1.54) is 0 Å². The molecule has 0 aliphatic rings. The normalized spacial score (nSPS) is 9.50. The molecule has 0 bridgehead atoms. The molecular formula is C11H20KO4+. The van der Waals surface area contributed by atoms with Crippen molar-refractivity contribution in [2.45, 2.75) is 40.0 Å². The zero-order valence-electron chi connectivity index (χ0n) is 10.7. The fourth-order valence-corrected chi connectivity index (χ4v) is 1.23. The second kappa shape index (κ2) is 12.0. The Bertz CT molecular complexity index is 188. The van der Waals surface area contributed by atoms with Crippen LogP contribution in [0.25, 0.3) is 0 Å². The van der Waals surface area contributed by atoms with Crippen molar-refractivity contribution in [3.05, 3.63) is 0 Å². The van der Waals surface area contributed by atoms with Crippen molar-refractivity contribution in [1.29, 1.82) is 0 Å². The van der Waals surface area contributed by atoms with Crippen LogP contribution in [0.2, 0.25) is 0 Å². The molecule has 0 radical (unpaired) electrons. The molecule has 0 spiro atoms. The molecule has 4 nitrogen and oxygen atoms in total. The maximum atomic E-state index is 11.4. The Hall–Kier alpha value is 0.576. The summed E-state index contributed by atoms with van der Waals surface area (Å²) in [5.41, 5.74) is 0. The van der Waals surface area contributed by atoms with Gasteiger partial charge in [-0.3, -0.25) is 9.59 Å². The molecule has 0 fully saturated rings. The molecule has 0 aromatic carbocycles. The molecule has 0 aromatic rings. The van der Waals surface area contributed by atoms with E-state index in [0.29, 0.717) is 19.6 Å². The Balaban J connectivity index is 0. The molecule has 16 heavy (non-hydrogen) atoms. The van der Waals surface area contributed by atoms with Crippen LogP contribution in [0.4, 0.5) is 0 Å². The quantitative estimate of drug-likeness (QED) is 0.330. The first-order chi connectivity index (χ1) is 7.17. The van der Waals surface area contributed by atoms with Gasteiger partial charge in [0, 0.05) is 0 Å². The SMILES string of the molecule is CCCCC(C(=O)OCC)C(=O)OCC.[K+]. The fraction of sp³-hybridized carbons (Fsp3) is 0.818. The number of unbranched alkanes of at least 4 members (excludes halogenated alkanes) is 1. The van der Waals surface area contributed by atoms with Gasteiger partial charge in [0.1, 0.15) is 0 Å². The number of carbonyl (C=O) groups excluding carboxylic acids is 2. The Kier molecular flexibility index (Phi) is 14.2. The first kappa shape index (κ1) is 18.9. The predicted octanol–water partition coefficient (Wildman–Crippen LogP) is -1.08. The monoisotopic (exact) mass is 255 g/mol. The molecule has 0 atom stereocenters. The largest absolute Gasteiger partial charge is 1.00 e. The molecule has 0 unspecified atom stereocenters. The molecule has 0 aliphatic carbocycles. The third kappa shape index (κ3) is 7.79. The molecule has 0 rings (SSSR count). The summed E-state index contributed by atoms with van der Waals surface area (Å²) in [6.07, 6.45) is 2.27. The molecule has 0 saturated heterocycles. The van der Waals surface area contributed by atoms with Crippen LogP contribution in [0.1, 0.15) is 40.0 Å². The Morgan fingerprint density at radius 2 is 1.44 bits per heavy atom. The van der Waals surface area contributed by atoms with Gasteiger partial charge in [-0.05, 0) is 20.3 Å². The molecule has 5 heteroatoms. The maximum absolute atomic E-state index is 11.4. The van der Waals surface area contributed by atoms with Gasteiger partial charge in [-0.25, -0.2) is 0 Å². The molecule has 0 aliphatic heterocycles. The van der Waals surface area contributed by atoms with E-state index in [2.05, 4.69) is 0 Å². The zero-order valence-corrected chi connectivity index (χ0v) is 13.9. The predicted molar refractivity (Wildman–Crippen MR) is 56.3 cm³/mol. The van der Waals surface area contributed by atoms with E-state index in [1.54, 1.807) is 13.8 Å². The summed E-state index contributed by atoms with van der Waals surface area (Å²) in [6.45, 7) is 6.04. The van der Waals surface area contributed by atoms with Gasteiger partial charge in [0.05, 0.1) is 13.2 Å². The summed E-state index contributed by atoms with van der Waals surface area (Å²) in [6, 6.07) is 0. The van der Waals surface area contributed by atoms with Gasteiger partial charge in [-0.2, -0.15) is 0 Å². The first-order valence-corrected chi connectivity index (χ1v) is 5.50. The third-order valence-electron chi connectivity index (χ3n) is 1.99. The second-order valence-electron chi connectivity index (χ2n) is 3.20. The topological polar surface area (TPSA) is 52.6 Å². The molecule has 0 aromatic heterocycles. The van der Waals surface area contributed by atoms with Gasteiger partial charge in [0.2, 0.25) is 0 Å². The standard InChI is InChI=1S/C11H20O4.K/c1-4-7-8-9(10(12)14-5-2)11(13)15-6-3;/h9H,4-8H2,1-3H3;/q;+1. The van der Waals surface area contributed by atoms with Gasteiger partial charge in [-0.1, -0.05) is 19.8 Å². The first-order valence-electron chi connectivity index (χ1n) is 5.50. The maximum Gasteiger partial charge on any atom is 1.00 e. The molecule has 0 saturated carbocycles. The van der Waals surface area contributed by atoms with Crippen LogP contribution in [0.15, 0.2) is 0 Å². The van der Waals surface area contributed by atoms with Crippen LogP contribution >= 0.6 is 0 Å². The number of hydrogen-bond donors (Lipinski definition) is 0. The van der Waals surface area contributed by atoms with E-state index >= 15 is 0 Å². The summed E-state index contributed by atoms with van der Waals surface area (Å²) in [5.74, 6) is -1.68. The average Bonchev–Trinajstić information content (AvgIpc) is 2.19. The molecule has 0 heterocycles. The Labute approximate surface area is 140 Å². The number of rotatable bonds is 7. The average molecular weight is 255 g/mol. The minimum Gasteiger partial charge on any atom is -0.465 e. The molecule has 0 amide bonds. The van der Waals surface area contributed by atoms with Crippen molar-refractivity contribution in [2.24, 2.45) is 5.92 Å². The minimum absolute atomic E-state index is 0. The van der Waals surface area contributed by atoms with E-state index in [9.17, 15) is 9.59 Å². The second-order valence-corrected chi connectivity index (χ2v) is 3.20. The van der Waals surface area contributed by atoms with Crippen molar-refractivity contribution in [3.63, 3.8) is 0 Å². The van der Waals surface area contributed by atoms with Crippen LogP contribution in [0, 0.1) is 5.92 Å². The van der Waals surface area contributed by atoms with E-state index in [-0.39, 0.29) is 51.4 Å². The van der Waals surface area contributed by atoms with Crippen molar-refractivity contribution < 1.29 is 70.4 Å². The van der Waals surface area contributed by atoms with Gasteiger partial charge in [-0.15, -0.1) is 0 Å². The summed E-state index contributed by atoms with van der Waals surface area (Å²) < 4.78 is 9.66. The van der Waals surface area contributed by atoms with Gasteiger partial charge < -0.3 is 9.47 Å². The summed E-state index contributed by atoms with van der Waals surface area (Å²) in [7, 11) is 0. The van der Waals surface area contributed by atoms with Crippen molar-refractivity contribution >= 4 is 11.9 Å². The van der Waals surface area contributed by atoms with Crippen LogP contribution in [-0.2, 0) is 19.1 Å². The number of carbonyl (C=O) groups is 2. The van der Waals surface area contributed by atoms with Crippen molar-refractivity contribution in [3.8, 4) is 0 Å². The molecule has 88 valence electrons. The van der Waals surface area contributed by atoms with E-state index in [0.717, 1.165) is 12.8 Å². The van der Waals surface area contributed by atoms with Crippen molar-refractivity contribution in [2.75, 3.05) is 13.2 Å². The van der Waals surface area contributed by atoms with E-state index in [1.807, 2.05) is 6.92 Å². The minimum atomic E-state index is -0.746. The van der Waals surface area contributed by atoms with E-state index in [4.69, 9.17) is 9.47 Å². The smallest absolute Gasteiger partial charge is 0.465 e. The molecular weight excluding hydrogens is 235 g/mol. The Morgan fingerprint density at radius 3 is 1.75 bits per heavy atom. The zero-order chi connectivity index (χ0) is 11.7. The number of hydrogen-bond acceptors (Lipinski definition) is 4. The fourth-order valence-electron chi connectivity index (χ4n) is 1.23. The van der Waals surface area contributed by atoms with Crippen LogP contribution in [-0.4, -0.2) is 25.2 Å².